The molecule has 32 heavy (non-hydrogen) atoms. The summed E-state index contributed by atoms with van der Waals surface area (Å²) in [6, 6.07) is 7.47. The number of rotatable bonds is 6. The smallest absolute Gasteiger partial charge is 0.410 e. The largest absolute Gasteiger partial charge is 0.460 e. The number of ether oxygens (including phenoxy) is 2. The molecule has 1 aliphatic rings. The van der Waals surface area contributed by atoms with E-state index in [9.17, 15) is 14.4 Å². The van der Waals surface area contributed by atoms with Gasteiger partial charge in [0, 0.05) is 18.8 Å². The molecule has 0 unspecified atom stereocenters. The second-order valence-corrected chi connectivity index (χ2v) is 10.8. The van der Waals surface area contributed by atoms with Crippen molar-refractivity contribution in [3.8, 4) is 0 Å². The third-order valence-electron chi connectivity index (χ3n) is 4.94. The van der Waals surface area contributed by atoms with Crippen molar-refractivity contribution in [2.75, 3.05) is 23.7 Å². The van der Waals surface area contributed by atoms with Crippen LogP contribution in [-0.2, 0) is 25.5 Å². The summed E-state index contributed by atoms with van der Waals surface area (Å²) in [4.78, 5) is 39.0. The quantitative estimate of drug-likeness (QED) is 0.439. The van der Waals surface area contributed by atoms with Gasteiger partial charge in [-0.1, -0.05) is 28.1 Å². The number of hydrogen-bond donors (Lipinski definition) is 1. The van der Waals surface area contributed by atoms with Crippen LogP contribution in [0.1, 0.15) is 53.5 Å². The second kappa shape index (κ2) is 10.7. The van der Waals surface area contributed by atoms with Crippen molar-refractivity contribution < 1.29 is 23.9 Å². The van der Waals surface area contributed by atoms with Crippen molar-refractivity contribution in [1.29, 1.82) is 0 Å². The fourth-order valence-electron chi connectivity index (χ4n) is 3.65. The van der Waals surface area contributed by atoms with Crippen molar-refractivity contribution >= 4 is 39.6 Å². The molecule has 0 radical (unpaired) electrons. The maximum absolute atomic E-state index is 13.1. The Kier molecular flexibility index (Phi) is 8.74. The second-order valence-electron chi connectivity index (χ2n) is 10.2. The van der Waals surface area contributed by atoms with E-state index in [4.69, 9.17) is 9.47 Å². The average molecular weight is 511 g/mol. The molecule has 0 aliphatic carbocycles. The number of anilines is 1. The zero-order chi connectivity index (χ0) is 24.1. The Morgan fingerprint density at radius 1 is 1.12 bits per heavy atom. The molecule has 0 aromatic heterocycles. The van der Waals surface area contributed by atoms with Gasteiger partial charge in [0.2, 0.25) is 5.91 Å². The molecule has 1 aromatic carbocycles. The molecule has 0 bridgehead atoms. The zero-order valence-corrected chi connectivity index (χ0v) is 21.5. The summed E-state index contributed by atoms with van der Waals surface area (Å²) in [7, 11) is 0. The molecule has 1 heterocycles. The van der Waals surface area contributed by atoms with Crippen LogP contribution in [0.2, 0.25) is 0 Å². The first kappa shape index (κ1) is 26.2. The summed E-state index contributed by atoms with van der Waals surface area (Å²) < 4.78 is 11.2. The first-order valence-electron chi connectivity index (χ1n) is 10.9. The first-order valence-corrected chi connectivity index (χ1v) is 12.0. The molecule has 1 aromatic rings. The fourth-order valence-corrected chi connectivity index (χ4v) is 3.79. The Bertz CT molecular complexity index is 828. The van der Waals surface area contributed by atoms with E-state index in [-0.39, 0.29) is 29.2 Å². The van der Waals surface area contributed by atoms with Crippen LogP contribution in [0.5, 0.6) is 0 Å². The average Bonchev–Trinajstić information content (AvgIpc) is 3.13. The highest BCUT2D eigenvalue weighted by Gasteiger charge is 2.39. The van der Waals surface area contributed by atoms with Gasteiger partial charge in [-0.3, -0.25) is 9.59 Å². The molecule has 1 N–H and O–H groups in total. The fraction of sp³-hybridized carbons (Fsp3) is 0.625. The number of amides is 2. The van der Waals surface area contributed by atoms with Crippen molar-refractivity contribution in [1.82, 2.24) is 4.90 Å². The van der Waals surface area contributed by atoms with Gasteiger partial charge < -0.3 is 19.7 Å². The lowest BCUT2D eigenvalue weighted by Crippen LogP contribution is -2.38. The third-order valence-corrected chi connectivity index (χ3v) is 5.45. The molecular weight excluding hydrogens is 476 g/mol. The van der Waals surface area contributed by atoms with Crippen molar-refractivity contribution in [3.63, 3.8) is 0 Å². The number of esters is 1. The monoisotopic (exact) mass is 510 g/mol. The topological polar surface area (TPSA) is 84.9 Å². The summed E-state index contributed by atoms with van der Waals surface area (Å²) in [6.07, 6.45) is 0.797. The van der Waals surface area contributed by atoms with E-state index in [1.807, 2.05) is 65.8 Å². The van der Waals surface area contributed by atoms with Gasteiger partial charge in [-0.15, -0.1) is 0 Å². The van der Waals surface area contributed by atoms with Gasteiger partial charge in [0.1, 0.15) is 11.2 Å². The van der Waals surface area contributed by atoms with E-state index in [0.717, 1.165) is 5.56 Å². The maximum atomic E-state index is 13.1. The number of carbonyl (C=O) groups is 3. The Labute approximate surface area is 199 Å². The number of hydrogen-bond acceptors (Lipinski definition) is 5. The van der Waals surface area contributed by atoms with Crippen LogP contribution in [0.25, 0.3) is 0 Å². The molecule has 1 fully saturated rings. The van der Waals surface area contributed by atoms with E-state index in [0.29, 0.717) is 31.6 Å². The number of nitrogens with zero attached hydrogens (tertiary/aromatic N) is 1. The summed E-state index contributed by atoms with van der Waals surface area (Å²) in [6.45, 7) is 12.0. The lowest BCUT2D eigenvalue weighted by atomic mass is 9.86. The molecule has 2 amide bonds. The molecule has 0 spiro atoms. The van der Waals surface area contributed by atoms with Gasteiger partial charge in [-0.2, -0.15) is 0 Å². The Morgan fingerprint density at radius 2 is 1.78 bits per heavy atom. The predicted molar refractivity (Wildman–Crippen MR) is 128 cm³/mol. The summed E-state index contributed by atoms with van der Waals surface area (Å²) in [5.41, 5.74) is 0.421. The van der Waals surface area contributed by atoms with E-state index < -0.39 is 17.1 Å². The molecule has 2 rings (SSSR count). The van der Waals surface area contributed by atoms with Crippen LogP contribution < -0.4 is 5.32 Å². The molecule has 1 saturated heterocycles. The van der Waals surface area contributed by atoms with Gasteiger partial charge in [0.15, 0.2) is 0 Å². The van der Waals surface area contributed by atoms with E-state index in [1.54, 1.807) is 4.90 Å². The number of carbonyl (C=O) groups excluding carboxylic acids is 3. The minimum Gasteiger partial charge on any atom is -0.460 e. The van der Waals surface area contributed by atoms with Gasteiger partial charge >= 0.3 is 12.1 Å². The van der Waals surface area contributed by atoms with Gasteiger partial charge in [0.25, 0.3) is 0 Å². The molecule has 8 heteroatoms. The summed E-state index contributed by atoms with van der Waals surface area (Å²) in [5.74, 6) is -0.875. The normalized spacial score (nSPS) is 17.6. The third kappa shape index (κ3) is 8.45. The highest BCUT2D eigenvalue weighted by atomic mass is 79.9. The van der Waals surface area contributed by atoms with Crippen LogP contribution in [0.4, 0.5) is 10.5 Å². The minimum atomic E-state index is -0.607. The van der Waals surface area contributed by atoms with Crippen LogP contribution in [0.15, 0.2) is 24.3 Å². The first-order chi connectivity index (χ1) is 14.8. The minimum absolute atomic E-state index is 0.0434. The van der Waals surface area contributed by atoms with E-state index in [1.165, 1.54) is 0 Å². The molecular formula is C24H35BrN2O5. The number of likely N-dealkylation sites (tertiary alicyclic amines) is 1. The SMILES string of the molecule is CC(C)(C)OC(=O)[C@@H](Cc1cccc(NC(=O)CBr)c1)[C@H]1CCN(C(=O)OC(C)(C)C)C1. The number of benzene rings is 1. The van der Waals surface area contributed by atoms with Crippen molar-refractivity contribution in [3.05, 3.63) is 29.8 Å². The van der Waals surface area contributed by atoms with Crippen molar-refractivity contribution in [2.24, 2.45) is 11.8 Å². The predicted octanol–water partition coefficient (Wildman–Crippen LogP) is 4.78. The van der Waals surface area contributed by atoms with E-state index >= 15 is 0 Å². The summed E-state index contributed by atoms with van der Waals surface area (Å²) in [5, 5.41) is 3.02. The standard InChI is InChI=1S/C24H35BrN2O5/c1-23(2,3)31-21(29)19(13-16-8-7-9-18(12-16)26-20(28)14-25)17-10-11-27(15-17)22(30)32-24(4,5)6/h7-9,12,17,19H,10-11,13-15H2,1-6H3,(H,26,28)/t17-,19-/m0/s1. The Morgan fingerprint density at radius 3 is 2.38 bits per heavy atom. The number of halogens is 1. The molecule has 2 atom stereocenters. The highest BCUT2D eigenvalue weighted by Crippen LogP contribution is 2.31. The van der Waals surface area contributed by atoms with Crippen LogP contribution in [-0.4, -0.2) is 52.5 Å². The lowest BCUT2D eigenvalue weighted by molar-refractivity contribution is -0.162. The van der Waals surface area contributed by atoms with Crippen LogP contribution in [0, 0.1) is 11.8 Å². The Balaban J connectivity index is 2.19. The molecule has 1 aliphatic heterocycles. The van der Waals surface area contributed by atoms with Gasteiger partial charge in [0.05, 0.1) is 11.2 Å². The maximum Gasteiger partial charge on any atom is 0.410 e. The van der Waals surface area contributed by atoms with E-state index in [2.05, 4.69) is 21.2 Å². The molecule has 178 valence electrons. The molecule has 0 saturated carbocycles. The van der Waals surface area contributed by atoms with Crippen molar-refractivity contribution in [2.45, 2.75) is 65.6 Å². The molecule has 7 nitrogen and oxygen atoms in total. The Hall–Kier alpha value is -2.09. The van der Waals surface area contributed by atoms with Crippen LogP contribution in [0.3, 0.4) is 0 Å². The van der Waals surface area contributed by atoms with Gasteiger partial charge in [-0.25, -0.2) is 4.79 Å². The number of nitrogens with one attached hydrogen (secondary N) is 1. The summed E-state index contributed by atoms with van der Waals surface area (Å²) >= 11 is 3.14. The van der Waals surface area contributed by atoms with Gasteiger partial charge in [-0.05, 0) is 78.0 Å². The van der Waals surface area contributed by atoms with Crippen LogP contribution >= 0.6 is 15.9 Å². The lowest BCUT2D eigenvalue weighted by Gasteiger charge is -2.28. The zero-order valence-electron chi connectivity index (χ0n) is 19.9. The highest BCUT2D eigenvalue weighted by molar-refractivity contribution is 9.09. The number of alkyl halides is 1.